The average molecular weight is 370 g/mol. The Morgan fingerprint density at radius 1 is 1.36 bits per heavy atom. The lowest BCUT2D eigenvalue weighted by Gasteiger charge is -2.16. The molecular weight excluding hydrogens is 353 g/mol. The highest BCUT2D eigenvalue weighted by atomic mass is 32.2. The van der Waals surface area contributed by atoms with Gasteiger partial charge in [0.2, 0.25) is 0 Å². The molecule has 0 aromatic carbocycles. The first kappa shape index (κ1) is 18.0. The third-order valence-corrected chi connectivity index (χ3v) is 4.81. The summed E-state index contributed by atoms with van der Waals surface area (Å²) in [6.45, 7) is 3.42. The number of halogens is 3. The lowest BCUT2D eigenvalue weighted by atomic mass is 9.94. The molecule has 0 bridgehead atoms. The molecule has 4 nitrogen and oxygen atoms in total. The van der Waals surface area contributed by atoms with E-state index < -0.39 is 11.9 Å². The van der Waals surface area contributed by atoms with Crippen LogP contribution in [0.5, 0.6) is 0 Å². The quantitative estimate of drug-likeness (QED) is 0.529. The van der Waals surface area contributed by atoms with Crippen molar-refractivity contribution >= 4 is 18.0 Å². The normalized spacial score (nSPS) is 15.0. The van der Waals surface area contributed by atoms with Gasteiger partial charge in [0.25, 0.3) is 0 Å². The molecule has 0 unspecified atom stereocenters. The van der Waals surface area contributed by atoms with Gasteiger partial charge in [-0.25, -0.2) is 4.98 Å². The maximum atomic E-state index is 13.3. The van der Waals surface area contributed by atoms with Crippen molar-refractivity contribution in [2.45, 2.75) is 49.7 Å². The molecule has 1 saturated carbocycles. The predicted molar refractivity (Wildman–Crippen MR) is 88.0 cm³/mol. The Bertz CT molecular complexity index is 811. The molecule has 0 spiro atoms. The van der Waals surface area contributed by atoms with E-state index in [1.807, 2.05) is 0 Å². The van der Waals surface area contributed by atoms with E-state index in [0.29, 0.717) is 22.6 Å². The van der Waals surface area contributed by atoms with Crippen LogP contribution in [0.2, 0.25) is 0 Å². The first-order valence-electron chi connectivity index (χ1n) is 7.89. The van der Waals surface area contributed by atoms with Crippen molar-refractivity contribution in [1.82, 2.24) is 10.1 Å². The van der Waals surface area contributed by atoms with Gasteiger partial charge in [0.1, 0.15) is 16.5 Å². The lowest BCUT2D eigenvalue weighted by molar-refractivity contribution is -0.141. The molecule has 8 heteroatoms. The van der Waals surface area contributed by atoms with E-state index in [1.165, 1.54) is 11.8 Å². The number of carbonyl (C=O) groups is 1. The van der Waals surface area contributed by atoms with Crippen molar-refractivity contribution in [2.75, 3.05) is 6.26 Å². The summed E-state index contributed by atoms with van der Waals surface area (Å²) >= 11 is 1.28. The summed E-state index contributed by atoms with van der Waals surface area (Å²) in [4.78, 5) is 15.4. The third kappa shape index (κ3) is 3.31. The average Bonchev–Trinajstić information content (AvgIpc) is 3.31. The zero-order valence-electron chi connectivity index (χ0n) is 14.0. The third-order valence-electron chi connectivity index (χ3n) is 4.14. The first-order valence-corrected chi connectivity index (χ1v) is 9.11. The van der Waals surface area contributed by atoms with Crippen LogP contribution in [0.3, 0.4) is 0 Å². The second-order valence-corrected chi connectivity index (χ2v) is 7.12. The standard InChI is InChI=1S/C17H17F3N2O2S/c1-8(2)14-11(7-23)10(6-12(21-14)17(18,19)20)13-15(9-4-5-9)24-22-16(13)25-3/h6-9H,4-5H2,1-3H3. The van der Waals surface area contributed by atoms with E-state index in [0.717, 1.165) is 18.9 Å². The molecule has 3 rings (SSSR count). The minimum Gasteiger partial charge on any atom is -0.359 e. The Balaban J connectivity index is 2.33. The smallest absolute Gasteiger partial charge is 0.359 e. The van der Waals surface area contributed by atoms with Crippen molar-refractivity contribution in [3.63, 3.8) is 0 Å². The van der Waals surface area contributed by atoms with Gasteiger partial charge in [0.05, 0.1) is 11.3 Å². The Morgan fingerprint density at radius 2 is 2.04 bits per heavy atom. The summed E-state index contributed by atoms with van der Waals surface area (Å²) in [5.74, 6) is 0.373. The summed E-state index contributed by atoms with van der Waals surface area (Å²) < 4.78 is 45.4. The van der Waals surface area contributed by atoms with E-state index in [2.05, 4.69) is 10.1 Å². The molecule has 2 aromatic rings. The van der Waals surface area contributed by atoms with Gasteiger partial charge in [-0.05, 0) is 31.1 Å². The number of carbonyl (C=O) groups excluding carboxylic acids is 1. The second kappa shape index (κ2) is 6.48. The number of pyridine rings is 1. The molecule has 0 aliphatic heterocycles. The molecule has 1 aliphatic rings. The molecule has 1 aliphatic carbocycles. The van der Waals surface area contributed by atoms with Gasteiger partial charge in [-0.3, -0.25) is 4.79 Å². The number of nitrogens with zero attached hydrogens (tertiary/aromatic N) is 2. The van der Waals surface area contributed by atoms with Crippen LogP contribution < -0.4 is 0 Å². The van der Waals surface area contributed by atoms with Crippen molar-refractivity contribution in [3.05, 3.63) is 28.8 Å². The Kier molecular flexibility index (Phi) is 4.66. The fourth-order valence-corrected chi connectivity index (χ4v) is 3.32. The highest BCUT2D eigenvalue weighted by Gasteiger charge is 2.38. The molecule has 0 amide bonds. The molecular formula is C17H17F3N2O2S. The molecule has 2 aromatic heterocycles. The molecule has 1 fully saturated rings. The monoisotopic (exact) mass is 370 g/mol. The van der Waals surface area contributed by atoms with Gasteiger partial charge >= 0.3 is 6.18 Å². The summed E-state index contributed by atoms with van der Waals surface area (Å²) in [5, 5.41) is 4.47. The Morgan fingerprint density at radius 3 is 2.52 bits per heavy atom. The fourth-order valence-electron chi connectivity index (χ4n) is 2.79. The van der Waals surface area contributed by atoms with Crippen LogP contribution in [0.4, 0.5) is 13.2 Å². The Labute approximate surface area is 147 Å². The van der Waals surface area contributed by atoms with Crippen LogP contribution in [0.25, 0.3) is 11.1 Å². The second-order valence-electron chi connectivity index (χ2n) is 6.33. The zero-order valence-corrected chi connectivity index (χ0v) is 14.8. The molecule has 2 heterocycles. The topological polar surface area (TPSA) is 56.0 Å². The van der Waals surface area contributed by atoms with Crippen molar-refractivity contribution in [2.24, 2.45) is 0 Å². The predicted octanol–water partition coefficient (Wildman–Crippen LogP) is 5.29. The highest BCUT2D eigenvalue weighted by molar-refractivity contribution is 7.98. The van der Waals surface area contributed by atoms with Gasteiger partial charge < -0.3 is 4.52 Å². The first-order chi connectivity index (χ1) is 11.8. The molecule has 0 N–H and O–H groups in total. The van der Waals surface area contributed by atoms with Crippen LogP contribution in [-0.2, 0) is 6.18 Å². The van der Waals surface area contributed by atoms with Crippen LogP contribution in [0.15, 0.2) is 15.6 Å². The number of aldehydes is 1. The molecule has 0 atom stereocenters. The minimum atomic E-state index is -4.60. The van der Waals surface area contributed by atoms with Crippen molar-refractivity contribution < 1.29 is 22.5 Å². The van der Waals surface area contributed by atoms with E-state index in [1.54, 1.807) is 20.1 Å². The van der Waals surface area contributed by atoms with E-state index in [-0.39, 0.29) is 28.7 Å². The van der Waals surface area contributed by atoms with Crippen molar-refractivity contribution in [1.29, 1.82) is 0 Å². The molecule has 134 valence electrons. The number of thioether (sulfide) groups is 1. The molecule has 0 radical (unpaired) electrons. The van der Waals surface area contributed by atoms with Gasteiger partial charge in [-0.1, -0.05) is 19.0 Å². The SMILES string of the molecule is CSc1noc(C2CC2)c1-c1cc(C(F)(F)F)nc(C(C)C)c1C=O. The van der Waals surface area contributed by atoms with E-state index in [4.69, 9.17) is 4.52 Å². The maximum absolute atomic E-state index is 13.3. The van der Waals surface area contributed by atoms with E-state index in [9.17, 15) is 18.0 Å². The molecule has 0 saturated heterocycles. The number of hydrogen-bond donors (Lipinski definition) is 0. The fraction of sp³-hybridized carbons (Fsp3) is 0.471. The summed E-state index contributed by atoms with van der Waals surface area (Å²) in [6, 6.07) is 0.938. The van der Waals surface area contributed by atoms with Crippen LogP contribution in [0.1, 0.15) is 66.0 Å². The largest absolute Gasteiger partial charge is 0.433 e. The van der Waals surface area contributed by atoms with Gasteiger partial charge in [-0.2, -0.15) is 13.2 Å². The van der Waals surface area contributed by atoms with Crippen LogP contribution >= 0.6 is 11.8 Å². The maximum Gasteiger partial charge on any atom is 0.433 e. The van der Waals surface area contributed by atoms with Crippen molar-refractivity contribution in [3.8, 4) is 11.1 Å². The van der Waals surface area contributed by atoms with Crippen LogP contribution in [0, 0.1) is 0 Å². The van der Waals surface area contributed by atoms with Crippen LogP contribution in [-0.4, -0.2) is 22.7 Å². The van der Waals surface area contributed by atoms with Gasteiger partial charge in [-0.15, -0.1) is 11.8 Å². The summed E-state index contributed by atoms with van der Waals surface area (Å²) in [5.41, 5.74) is -0.00884. The Hall–Kier alpha value is -1.83. The lowest BCUT2D eigenvalue weighted by Crippen LogP contribution is -2.13. The number of hydrogen-bond acceptors (Lipinski definition) is 5. The summed E-state index contributed by atoms with van der Waals surface area (Å²) in [7, 11) is 0. The van der Waals surface area contributed by atoms with Gasteiger partial charge in [0.15, 0.2) is 6.29 Å². The highest BCUT2D eigenvalue weighted by Crippen LogP contribution is 2.48. The zero-order chi connectivity index (χ0) is 18.4. The summed E-state index contributed by atoms with van der Waals surface area (Å²) in [6.07, 6.45) is -0.447. The number of alkyl halides is 3. The number of aromatic nitrogens is 2. The molecule has 25 heavy (non-hydrogen) atoms. The van der Waals surface area contributed by atoms with E-state index >= 15 is 0 Å². The minimum absolute atomic E-state index is 0.134. The van der Waals surface area contributed by atoms with Gasteiger partial charge in [0, 0.05) is 17.0 Å². The number of rotatable bonds is 5.